The van der Waals surface area contributed by atoms with Gasteiger partial charge in [-0.05, 0) is 25.7 Å². The Morgan fingerprint density at radius 1 is 1.41 bits per heavy atom. The Balaban J connectivity index is 2.25. The molecule has 2 N–H and O–H groups in total. The highest BCUT2D eigenvalue weighted by atomic mass is 19.1. The fraction of sp³-hybridized carbons (Fsp3) is 0.417. The molecule has 1 saturated carbocycles. The first-order chi connectivity index (χ1) is 8.08. The van der Waals surface area contributed by atoms with Crippen LogP contribution in [0.5, 0.6) is 0 Å². The highest BCUT2D eigenvalue weighted by Crippen LogP contribution is 2.41. The number of nitrogen functional groups attached to an aromatic ring is 1. The Morgan fingerprint density at radius 3 is 2.76 bits per heavy atom. The van der Waals surface area contributed by atoms with Crippen molar-refractivity contribution in [3.63, 3.8) is 0 Å². The number of hydrogen-bond acceptors (Lipinski definition) is 2. The number of benzene rings is 1. The molecule has 1 heterocycles. The maximum absolute atomic E-state index is 13.5. The highest BCUT2D eigenvalue weighted by Gasteiger charge is 2.31. The van der Waals surface area contributed by atoms with Gasteiger partial charge in [0.1, 0.15) is 11.3 Å². The summed E-state index contributed by atoms with van der Waals surface area (Å²) < 4.78 is 28.5. The van der Waals surface area contributed by atoms with E-state index in [-0.39, 0.29) is 17.5 Å². The summed E-state index contributed by atoms with van der Waals surface area (Å²) in [6, 6.07) is 2.27. The Hall–Kier alpha value is -1.65. The van der Waals surface area contributed by atoms with E-state index in [0.717, 1.165) is 18.9 Å². The van der Waals surface area contributed by atoms with Gasteiger partial charge < -0.3 is 10.3 Å². The van der Waals surface area contributed by atoms with Crippen molar-refractivity contribution in [2.24, 2.45) is 5.92 Å². The molecule has 1 aliphatic rings. The van der Waals surface area contributed by atoms with Gasteiger partial charge in [-0.3, -0.25) is 0 Å². The molecule has 3 nitrogen and oxygen atoms in total. The summed E-state index contributed by atoms with van der Waals surface area (Å²) >= 11 is 0. The van der Waals surface area contributed by atoms with E-state index in [1.165, 1.54) is 6.07 Å². The lowest BCUT2D eigenvalue weighted by Crippen LogP contribution is -2.10. The number of rotatable bonds is 2. The lowest BCUT2D eigenvalue weighted by molar-refractivity contribution is 0.502. The number of nitrogens with zero attached hydrogens (tertiary/aromatic N) is 2. The standard InChI is InChI=1S/C12H13F2N3/c1-6(7-2-3-7)17-10-5-8(13)4-9(14)11(10)16-12(17)15/h4-7H,2-3H2,1H3,(H2,15,16). The van der Waals surface area contributed by atoms with Crippen LogP contribution in [-0.4, -0.2) is 9.55 Å². The molecule has 0 bridgehead atoms. The third-order valence-corrected chi connectivity index (χ3v) is 3.45. The van der Waals surface area contributed by atoms with Crippen LogP contribution in [0.25, 0.3) is 11.0 Å². The molecule has 3 rings (SSSR count). The predicted octanol–water partition coefficient (Wildman–Crippen LogP) is 2.87. The van der Waals surface area contributed by atoms with Gasteiger partial charge in [0, 0.05) is 18.2 Å². The minimum absolute atomic E-state index is 0.140. The van der Waals surface area contributed by atoms with Crippen molar-refractivity contribution in [3.05, 3.63) is 23.8 Å². The van der Waals surface area contributed by atoms with Gasteiger partial charge in [0.25, 0.3) is 0 Å². The monoisotopic (exact) mass is 237 g/mol. The number of aromatic nitrogens is 2. The number of hydrogen-bond donors (Lipinski definition) is 1. The van der Waals surface area contributed by atoms with E-state index in [1.807, 2.05) is 6.92 Å². The van der Waals surface area contributed by atoms with Crippen molar-refractivity contribution >= 4 is 17.0 Å². The van der Waals surface area contributed by atoms with E-state index in [1.54, 1.807) is 4.57 Å². The zero-order valence-electron chi connectivity index (χ0n) is 9.45. The van der Waals surface area contributed by atoms with Gasteiger partial charge in [-0.1, -0.05) is 0 Å². The quantitative estimate of drug-likeness (QED) is 0.872. The molecule has 0 spiro atoms. The Morgan fingerprint density at radius 2 is 2.12 bits per heavy atom. The second-order valence-corrected chi connectivity index (χ2v) is 4.67. The minimum atomic E-state index is -0.659. The van der Waals surface area contributed by atoms with Crippen LogP contribution >= 0.6 is 0 Å². The van der Waals surface area contributed by atoms with Gasteiger partial charge in [0.15, 0.2) is 5.82 Å². The van der Waals surface area contributed by atoms with Crippen molar-refractivity contribution in [1.29, 1.82) is 0 Å². The summed E-state index contributed by atoms with van der Waals surface area (Å²) in [6.45, 7) is 2.01. The SMILES string of the molecule is CC(C1CC1)n1c(N)nc2c(F)cc(F)cc21. The van der Waals surface area contributed by atoms with Gasteiger partial charge in [0.2, 0.25) is 5.95 Å². The second-order valence-electron chi connectivity index (χ2n) is 4.67. The zero-order chi connectivity index (χ0) is 12.2. The lowest BCUT2D eigenvalue weighted by atomic mass is 10.2. The first-order valence-electron chi connectivity index (χ1n) is 5.70. The summed E-state index contributed by atoms with van der Waals surface area (Å²) in [5.41, 5.74) is 6.39. The molecule has 17 heavy (non-hydrogen) atoms. The van der Waals surface area contributed by atoms with Crippen molar-refractivity contribution in [1.82, 2.24) is 9.55 Å². The molecule has 0 radical (unpaired) electrons. The van der Waals surface area contributed by atoms with E-state index in [2.05, 4.69) is 4.98 Å². The molecule has 1 aromatic heterocycles. The predicted molar refractivity (Wildman–Crippen MR) is 61.5 cm³/mol. The van der Waals surface area contributed by atoms with Crippen LogP contribution in [0.15, 0.2) is 12.1 Å². The molecule has 1 unspecified atom stereocenters. The van der Waals surface area contributed by atoms with Crippen molar-refractivity contribution in [3.8, 4) is 0 Å². The summed E-state index contributed by atoms with van der Waals surface area (Å²) in [5, 5.41) is 0. The number of halogens is 2. The molecule has 1 fully saturated rings. The summed E-state index contributed by atoms with van der Waals surface area (Å²) in [6.07, 6.45) is 2.27. The van der Waals surface area contributed by atoms with Crippen molar-refractivity contribution in [2.45, 2.75) is 25.8 Å². The molecule has 1 aliphatic carbocycles. The van der Waals surface area contributed by atoms with Crippen LogP contribution in [0.2, 0.25) is 0 Å². The first kappa shape index (κ1) is 10.5. The van der Waals surface area contributed by atoms with Crippen LogP contribution in [0.4, 0.5) is 14.7 Å². The Labute approximate surface area is 97.2 Å². The van der Waals surface area contributed by atoms with Crippen LogP contribution in [0.1, 0.15) is 25.8 Å². The van der Waals surface area contributed by atoms with Gasteiger partial charge in [-0.2, -0.15) is 0 Å². The summed E-state index contributed by atoms with van der Waals surface area (Å²) in [5.74, 6) is -0.461. The average molecular weight is 237 g/mol. The molecule has 0 amide bonds. The third kappa shape index (κ3) is 1.57. The molecule has 0 aliphatic heterocycles. The van der Waals surface area contributed by atoms with Gasteiger partial charge >= 0.3 is 0 Å². The van der Waals surface area contributed by atoms with Crippen LogP contribution in [0.3, 0.4) is 0 Å². The van der Waals surface area contributed by atoms with Crippen molar-refractivity contribution in [2.75, 3.05) is 5.73 Å². The number of imidazole rings is 1. The lowest BCUT2D eigenvalue weighted by Gasteiger charge is -2.14. The third-order valence-electron chi connectivity index (χ3n) is 3.45. The fourth-order valence-corrected chi connectivity index (χ4v) is 2.36. The van der Waals surface area contributed by atoms with E-state index >= 15 is 0 Å². The van der Waals surface area contributed by atoms with Crippen molar-refractivity contribution < 1.29 is 8.78 Å². The van der Waals surface area contributed by atoms with E-state index in [9.17, 15) is 8.78 Å². The zero-order valence-corrected chi connectivity index (χ0v) is 9.45. The van der Waals surface area contributed by atoms with Crippen LogP contribution < -0.4 is 5.73 Å². The summed E-state index contributed by atoms with van der Waals surface area (Å²) in [4.78, 5) is 3.98. The topological polar surface area (TPSA) is 43.8 Å². The van der Waals surface area contributed by atoms with E-state index < -0.39 is 11.6 Å². The van der Waals surface area contributed by atoms with Gasteiger partial charge in [-0.25, -0.2) is 13.8 Å². The molecule has 90 valence electrons. The fourth-order valence-electron chi connectivity index (χ4n) is 2.36. The highest BCUT2D eigenvalue weighted by molar-refractivity contribution is 5.79. The Bertz CT molecular complexity index is 587. The van der Waals surface area contributed by atoms with Gasteiger partial charge in [0.05, 0.1) is 5.52 Å². The minimum Gasteiger partial charge on any atom is -0.369 e. The number of nitrogens with two attached hydrogens (primary N) is 1. The molecule has 2 aromatic rings. The largest absolute Gasteiger partial charge is 0.369 e. The van der Waals surface area contributed by atoms with Gasteiger partial charge in [-0.15, -0.1) is 0 Å². The molecular formula is C12H13F2N3. The maximum atomic E-state index is 13.5. The van der Waals surface area contributed by atoms with Crippen LogP contribution in [-0.2, 0) is 0 Å². The van der Waals surface area contributed by atoms with E-state index in [0.29, 0.717) is 11.4 Å². The first-order valence-corrected chi connectivity index (χ1v) is 5.70. The molecule has 0 saturated heterocycles. The van der Waals surface area contributed by atoms with Crippen LogP contribution in [0, 0.1) is 17.6 Å². The molecular weight excluding hydrogens is 224 g/mol. The maximum Gasteiger partial charge on any atom is 0.201 e. The molecule has 5 heteroatoms. The van der Waals surface area contributed by atoms with E-state index in [4.69, 9.17) is 5.73 Å². The smallest absolute Gasteiger partial charge is 0.201 e. The second kappa shape index (κ2) is 3.42. The average Bonchev–Trinajstić information content (AvgIpc) is 3.02. The number of anilines is 1. The summed E-state index contributed by atoms with van der Waals surface area (Å²) in [7, 11) is 0. The normalized spacial score (nSPS) is 17.6. The number of fused-ring (bicyclic) bond motifs is 1. The Kier molecular flexibility index (Phi) is 2.11. The molecule has 1 atom stereocenters. The molecule has 1 aromatic carbocycles.